The highest BCUT2D eigenvalue weighted by Gasteiger charge is 2.28. The van der Waals surface area contributed by atoms with E-state index in [1.165, 1.54) is 0 Å². The molecule has 0 radical (unpaired) electrons. The standard InChI is InChI=1S/C13H16N2O3/c1-8-3-2-4-9(7-8)12(17)14-10-5-6-11(16)15-13(10)18/h2-4,7,10-11,16H,5-6H2,1H3,(H,14,17)(H,15,18). The second kappa shape index (κ2) is 5.18. The predicted molar refractivity (Wildman–Crippen MR) is 65.8 cm³/mol. The molecule has 1 aromatic rings. The molecule has 1 heterocycles. The number of piperidine rings is 1. The van der Waals surface area contributed by atoms with E-state index in [2.05, 4.69) is 10.6 Å². The highest BCUT2D eigenvalue weighted by atomic mass is 16.3. The lowest BCUT2D eigenvalue weighted by molar-refractivity contribution is -0.128. The Balaban J connectivity index is 2.01. The molecule has 1 aromatic carbocycles. The van der Waals surface area contributed by atoms with Gasteiger partial charge in [0, 0.05) is 5.56 Å². The minimum Gasteiger partial charge on any atom is -0.374 e. The van der Waals surface area contributed by atoms with Gasteiger partial charge in [-0.3, -0.25) is 9.59 Å². The van der Waals surface area contributed by atoms with Gasteiger partial charge < -0.3 is 15.7 Å². The molecule has 2 rings (SSSR count). The number of rotatable bonds is 2. The summed E-state index contributed by atoms with van der Waals surface area (Å²) in [5, 5.41) is 14.3. The van der Waals surface area contributed by atoms with E-state index in [9.17, 15) is 14.7 Å². The predicted octanol–water partition coefficient (Wildman–Crippen LogP) is 0.322. The number of hydrogen-bond donors (Lipinski definition) is 3. The lowest BCUT2D eigenvalue weighted by Crippen LogP contribution is -2.53. The fourth-order valence-corrected chi connectivity index (χ4v) is 1.96. The summed E-state index contributed by atoms with van der Waals surface area (Å²) in [6.07, 6.45) is 0.0966. The topological polar surface area (TPSA) is 78.4 Å². The quantitative estimate of drug-likeness (QED) is 0.705. The number of aryl methyl sites for hydroxylation is 1. The van der Waals surface area contributed by atoms with E-state index in [0.717, 1.165) is 5.56 Å². The van der Waals surface area contributed by atoms with Crippen LogP contribution in [0, 0.1) is 6.92 Å². The first-order valence-corrected chi connectivity index (χ1v) is 5.92. The summed E-state index contributed by atoms with van der Waals surface area (Å²) in [5.41, 5.74) is 1.53. The third-order valence-corrected chi connectivity index (χ3v) is 2.94. The fourth-order valence-electron chi connectivity index (χ4n) is 1.96. The number of carbonyl (C=O) groups excluding carboxylic acids is 2. The molecule has 96 valence electrons. The maximum Gasteiger partial charge on any atom is 0.251 e. The van der Waals surface area contributed by atoms with Gasteiger partial charge in [0.05, 0.1) is 0 Å². The Labute approximate surface area is 105 Å². The molecule has 0 aromatic heterocycles. The first-order valence-electron chi connectivity index (χ1n) is 5.92. The zero-order valence-corrected chi connectivity index (χ0v) is 10.1. The summed E-state index contributed by atoms with van der Waals surface area (Å²) in [5.74, 6) is -0.606. The largest absolute Gasteiger partial charge is 0.374 e. The summed E-state index contributed by atoms with van der Waals surface area (Å²) in [4.78, 5) is 23.5. The normalized spacial score (nSPS) is 23.3. The molecule has 0 bridgehead atoms. The monoisotopic (exact) mass is 248 g/mol. The zero-order chi connectivity index (χ0) is 13.1. The van der Waals surface area contributed by atoms with Crippen molar-refractivity contribution in [3.05, 3.63) is 35.4 Å². The molecule has 0 aliphatic carbocycles. The first kappa shape index (κ1) is 12.6. The molecule has 1 fully saturated rings. The molecule has 2 amide bonds. The van der Waals surface area contributed by atoms with Crippen molar-refractivity contribution in [2.75, 3.05) is 0 Å². The van der Waals surface area contributed by atoms with E-state index in [4.69, 9.17) is 0 Å². The Morgan fingerprint density at radius 3 is 2.89 bits per heavy atom. The van der Waals surface area contributed by atoms with Crippen LogP contribution in [0.25, 0.3) is 0 Å². The van der Waals surface area contributed by atoms with Gasteiger partial charge in [-0.1, -0.05) is 17.7 Å². The Hall–Kier alpha value is -1.88. The first-order chi connectivity index (χ1) is 8.56. The molecular weight excluding hydrogens is 232 g/mol. The Bertz CT molecular complexity index is 473. The molecule has 1 aliphatic heterocycles. The van der Waals surface area contributed by atoms with Crippen molar-refractivity contribution in [2.24, 2.45) is 0 Å². The van der Waals surface area contributed by atoms with Gasteiger partial charge in [-0.15, -0.1) is 0 Å². The second-order valence-corrected chi connectivity index (χ2v) is 4.50. The van der Waals surface area contributed by atoms with Crippen LogP contribution in [-0.2, 0) is 4.79 Å². The van der Waals surface area contributed by atoms with E-state index in [0.29, 0.717) is 18.4 Å². The summed E-state index contributed by atoms with van der Waals surface area (Å²) < 4.78 is 0. The maximum absolute atomic E-state index is 11.9. The van der Waals surface area contributed by atoms with Gasteiger partial charge in [0.15, 0.2) is 0 Å². The van der Waals surface area contributed by atoms with E-state index in [-0.39, 0.29) is 11.8 Å². The van der Waals surface area contributed by atoms with Crippen LogP contribution < -0.4 is 10.6 Å². The molecule has 2 unspecified atom stereocenters. The van der Waals surface area contributed by atoms with Gasteiger partial charge in [-0.05, 0) is 31.9 Å². The molecule has 1 aliphatic rings. The summed E-state index contributed by atoms with van der Waals surface area (Å²) in [7, 11) is 0. The Morgan fingerprint density at radius 2 is 2.22 bits per heavy atom. The van der Waals surface area contributed by atoms with Crippen molar-refractivity contribution < 1.29 is 14.7 Å². The summed E-state index contributed by atoms with van der Waals surface area (Å²) >= 11 is 0. The second-order valence-electron chi connectivity index (χ2n) is 4.50. The SMILES string of the molecule is Cc1cccc(C(=O)NC2CCC(O)NC2=O)c1. The van der Waals surface area contributed by atoms with Crippen molar-refractivity contribution in [3.63, 3.8) is 0 Å². The number of benzene rings is 1. The number of hydrogen-bond acceptors (Lipinski definition) is 3. The van der Waals surface area contributed by atoms with Crippen LogP contribution in [-0.4, -0.2) is 29.2 Å². The Kier molecular flexibility index (Phi) is 3.62. The molecule has 2 atom stereocenters. The van der Waals surface area contributed by atoms with Crippen molar-refractivity contribution in [1.82, 2.24) is 10.6 Å². The molecule has 0 saturated carbocycles. The van der Waals surface area contributed by atoms with Gasteiger partial charge in [-0.25, -0.2) is 0 Å². The number of aliphatic hydroxyl groups excluding tert-OH is 1. The van der Waals surface area contributed by atoms with Crippen molar-refractivity contribution in [2.45, 2.75) is 32.0 Å². The number of aliphatic hydroxyl groups is 1. The number of nitrogens with one attached hydrogen (secondary N) is 2. The molecular formula is C13H16N2O3. The van der Waals surface area contributed by atoms with Gasteiger partial charge in [0.1, 0.15) is 12.3 Å². The molecule has 3 N–H and O–H groups in total. The minimum absolute atomic E-state index is 0.268. The lowest BCUT2D eigenvalue weighted by Gasteiger charge is -2.26. The minimum atomic E-state index is -0.801. The summed E-state index contributed by atoms with van der Waals surface area (Å²) in [6, 6.07) is 6.61. The van der Waals surface area contributed by atoms with Crippen LogP contribution in [0.5, 0.6) is 0 Å². The van der Waals surface area contributed by atoms with E-state index >= 15 is 0 Å². The van der Waals surface area contributed by atoms with E-state index < -0.39 is 12.3 Å². The third-order valence-electron chi connectivity index (χ3n) is 2.94. The molecule has 18 heavy (non-hydrogen) atoms. The van der Waals surface area contributed by atoms with Crippen LogP contribution in [0.1, 0.15) is 28.8 Å². The fraction of sp³-hybridized carbons (Fsp3) is 0.385. The lowest BCUT2D eigenvalue weighted by atomic mass is 10.0. The average molecular weight is 248 g/mol. The van der Waals surface area contributed by atoms with Crippen molar-refractivity contribution in [3.8, 4) is 0 Å². The van der Waals surface area contributed by atoms with E-state index in [1.807, 2.05) is 13.0 Å². The van der Waals surface area contributed by atoms with Gasteiger partial charge >= 0.3 is 0 Å². The van der Waals surface area contributed by atoms with E-state index in [1.54, 1.807) is 18.2 Å². The van der Waals surface area contributed by atoms with Crippen LogP contribution in [0.3, 0.4) is 0 Å². The maximum atomic E-state index is 11.9. The Morgan fingerprint density at radius 1 is 1.44 bits per heavy atom. The van der Waals surface area contributed by atoms with Gasteiger partial charge in [0.2, 0.25) is 5.91 Å². The smallest absolute Gasteiger partial charge is 0.251 e. The molecule has 5 nitrogen and oxygen atoms in total. The highest BCUT2D eigenvalue weighted by Crippen LogP contribution is 2.09. The van der Waals surface area contributed by atoms with Crippen molar-refractivity contribution in [1.29, 1.82) is 0 Å². The molecule has 0 spiro atoms. The van der Waals surface area contributed by atoms with Gasteiger partial charge in [0.25, 0.3) is 5.91 Å². The van der Waals surface area contributed by atoms with Crippen LogP contribution in [0.2, 0.25) is 0 Å². The summed E-state index contributed by atoms with van der Waals surface area (Å²) in [6.45, 7) is 1.90. The van der Waals surface area contributed by atoms with Gasteiger partial charge in [-0.2, -0.15) is 0 Å². The molecule has 1 saturated heterocycles. The zero-order valence-electron chi connectivity index (χ0n) is 10.1. The third kappa shape index (κ3) is 2.87. The number of carbonyl (C=O) groups is 2. The number of amides is 2. The highest BCUT2D eigenvalue weighted by molar-refractivity contribution is 5.97. The van der Waals surface area contributed by atoms with Crippen LogP contribution >= 0.6 is 0 Å². The van der Waals surface area contributed by atoms with Crippen molar-refractivity contribution >= 4 is 11.8 Å². The van der Waals surface area contributed by atoms with Crippen LogP contribution in [0.4, 0.5) is 0 Å². The average Bonchev–Trinajstić information content (AvgIpc) is 2.32. The molecule has 5 heteroatoms. The van der Waals surface area contributed by atoms with Crippen LogP contribution in [0.15, 0.2) is 24.3 Å².